The van der Waals surface area contributed by atoms with Crippen LogP contribution in [0.25, 0.3) is 10.8 Å². The summed E-state index contributed by atoms with van der Waals surface area (Å²) in [5, 5.41) is 2.40. The second-order valence-corrected chi connectivity index (χ2v) is 9.27. The molecule has 0 atom stereocenters. The molecule has 6 nitrogen and oxygen atoms in total. The standard InChI is InChI=1S/C29H29ClN4O2/c1-2-28(36)34-17-15-33(16-18-34)14-4-3-5-27(35)22-9-6-21(7-10-22)8-13-25-26-19-24(30)12-11-23(26)20-32-29(25)31/h2,6-7,9-12,19-20H,1,3-5,14-18H2,(H2,31,32). The van der Waals surface area contributed by atoms with E-state index in [1.165, 1.54) is 6.08 Å². The number of piperazine rings is 1. The Morgan fingerprint density at radius 2 is 1.81 bits per heavy atom. The van der Waals surface area contributed by atoms with Crippen molar-refractivity contribution in [1.82, 2.24) is 14.8 Å². The highest BCUT2D eigenvalue weighted by molar-refractivity contribution is 6.31. The molecule has 1 aromatic heterocycles. The second kappa shape index (κ2) is 11.9. The number of nitrogens with zero attached hydrogens (tertiary/aromatic N) is 3. The third kappa shape index (κ3) is 6.31. The van der Waals surface area contributed by atoms with Gasteiger partial charge in [-0.2, -0.15) is 0 Å². The first kappa shape index (κ1) is 25.4. The van der Waals surface area contributed by atoms with Crippen molar-refractivity contribution in [1.29, 1.82) is 0 Å². The minimum absolute atomic E-state index is 0.00291. The molecule has 1 aliphatic heterocycles. The Kier molecular flexibility index (Phi) is 8.37. The number of unbranched alkanes of at least 4 members (excludes halogenated alkanes) is 1. The first-order valence-corrected chi connectivity index (χ1v) is 12.4. The number of nitrogens with two attached hydrogens (primary N) is 1. The Morgan fingerprint density at radius 3 is 2.53 bits per heavy atom. The van der Waals surface area contributed by atoms with E-state index in [-0.39, 0.29) is 11.7 Å². The van der Waals surface area contributed by atoms with Crippen LogP contribution in [0, 0.1) is 11.8 Å². The van der Waals surface area contributed by atoms with Gasteiger partial charge in [-0.15, -0.1) is 0 Å². The van der Waals surface area contributed by atoms with E-state index in [1.54, 1.807) is 6.20 Å². The number of fused-ring (bicyclic) bond motifs is 1. The summed E-state index contributed by atoms with van der Waals surface area (Å²) in [6, 6.07) is 12.9. The summed E-state index contributed by atoms with van der Waals surface area (Å²) in [5.74, 6) is 6.73. The van der Waals surface area contributed by atoms with Crippen molar-refractivity contribution in [3.05, 3.63) is 83.0 Å². The molecule has 1 fully saturated rings. The Hall–Kier alpha value is -3.66. The predicted molar refractivity (Wildman–Crippen MR) is 145 cm³/mol. The summed E-state index contributed by atoms with van der Waals surface area (Å²) in [6.45, 7) is 7.68. The Morgan fingerprint density at radius 1 is 1.06 bits per heavy atom. The number of aromatic nitrogens is 1. The number of hydrogen-bond acceptors (Lipinski definition) is 5. The largest absolute Gasteiger partial charge is 0.383 e. The molecule has 0 bridgehead atoms. The van der Waals surface area contributed by atoms with Gasteiger partial charge >= 0.3 is 0 Å². The summed E-state index contributed by atoms with van der Waals surface area (Å²) in [7, 11) is 0. The van der Waals surface area contributed by atoms with Crippen LogP contribution in [0.1, 0.15) is 40.7 Å². The summed E-state index contributed by atoms with van der Waals surface area (Å²) in [6.07, 6.45) is 5.38. The van der Waals surface area contributed by atoms with Crippen molar-refractivity contribution in [3.63, 3.8) is 0 Å². The van der Waals surface area contributed by atoms with Crippen LogP contribution in [0.2, 0.25) is 5.02 Å². The number of nitrogen functional groups attached to an aromatic ring is 1. The molecule has 0 radical (unpaired) electrons. The van der Waals surface area contributed by atoms with Crippen LogP contribution in [-0.2, 0) is 4.79 Å². The molecule has 0 unspecified atom stereocenters. The number of rotatable bonds is 7. The van der Waals surface area contributed by atoms with Crippen molar-refractivity contribution in [2.24, 2.45) is 0 Å². The van der Waals surface area contributed by atoms with E-state index in [0.29, 0.717) is 28.4 Å². The number of amides is 1. The maximum absolute atomic E-state index is 12.6. The van der Waals surface area contributed by atoms with Crippen LogP contribution in [0.3, 0.4) is 0 Å². The van der Waals surface area contributed by atoms with Gasteiger partial charge in [-0.25, -0.2) is 4.98 Å². The average Bonchev–Trinajstić information content (AvgIpc) is 2.90. The molecular weight excluding hydrogens is 472 g/mol. The molecule has 184 valence electrons. The van der Waals surface area contributed by atoms with Gasteiger partial charge in [-0.3, -0.25) is 14.5 Å². The van der Waals surface area contributed by atoms with Gasteiger partial charge in [0.1, 0.15) is 5.82 Å². The smallest absolute Gasteiger partial charge is 0.246 e. The molecule has 7 heteroatoms. The third-order valence-electron chi connectivity index (χ3n) is 6.41. The van der Waals surface area contributed by atoms with Gasteiger partial charge in [0.25, 0.3) is 0 Å². The highest BCUT2D eigenvalue weighted by Crippen LogP contribution is 2.25. The molecule has 36 heavy (non-hydrogen) atoms. The first-order chi connectivity index (χ1) is 17.4. The molecule has 0 aliphatic carbocycles. The lowest BCUT2D eigenvalue weighted by Crippen LogP contribution is -2.48. The quantitative estimate of drug-likeness (QED) is 0.223. The van der Waals surface area contributed by atoms with E-state index in [4.69, 9.17) is 17.3 Å². The number of carbonyl (C=O) groups is 2. The van der Waals surface area contributed by atoms with Crippen LogP contribution in [-0.4, -0.2) is 59.2 Å². The Balaban J connectivity index is 1.28. The highest BCUT2D eigenvalue weighted by Gasteiger charge is 2.18. The minimum Gasteiger partial charge on any atom is -0.383 e. The molecule has 1 aliphatic rings. The molecule has 0 spiro atoms. The second-order valence-electron chi connectivity index (χ2n) is 8.83. The number of anilines is 1. The zero-order valence-corrected chi connectivity index (χ0v) is 20.9. The number of halogens is 1. The molecule has 4 rings (SSSR count). The fourth-order valence-corrected chi connectivity index (χ4v) is 4.46. The average molecular weight is 501 g/mol. The normalized spacial score (nSPS) is 13.8. The van der Waals surface area contributed by atoms with E-state index in [2.05, 4.69) is 28.3 Å². The zero-order valence-electron chi connectivity index (χ0n) is 20.2. The van der Waals surface area contributed by atoms with E-state index in [9.17, 15) is 9.59 Å². The molecule has 1 amide bonds. The molecular formula is C29H29ClN4O2. The van der Waals surface area contributed by atoms with Crippen LogP contribution < -0.4 is 5.73 Å². The fourth-order valence-electron chi connectivity index (χ4n) is 4.29. The maximum Gasteiger partial charge on any atom is 0.246 e. The van der Waals surface area contributed by atoms with Crippen molar-refractivity contribution in [2.75, 3.05) is 38.5 Å². The van der Waals surface area contributed by atoms with Crippen molar-refractivity contribution < 1.29 is 9.59 Å². The Labute approximate surface area is 216 Å². The van der Waals surface area contributed by atoms with Gasteiger partial charge in [0, 0.05) is 65.7 Å². The van der Waals surface area contributed by atoms with Crippen LogP contribution in [0.15, 0.2) is 61.3 Å². The summed E-state index contributed by atoms with van der Waals surface area (Å²) < 4.78 is 0. The number of Topliss-reactive ketones (excluding diaryl/α,β-unsaturated/α-hetero) is 1. The van der Waals surface area contributed by atoms with E-state index in [0.717, 1.165) is 61.9 Å². The molecule has 2 heterocycles. The van der Waals surface area contributed by atoms with Gasteiger partial charge in [-0.05, 0) is 49.7 Å². The number of carbonyl (C=O) groups excluding carboxylic acids is 2. The van der Waals surface area contributed by atoms with Gasteiger partial charge in [0.05, 0.1) is 5.56 Å². The van der Waals surface area contributed by atoms with Crippen LogP contribution in [0.4, 0.5) is 5.82 Å². The predicted octanol–water partition coefficient (Wildman–Crippen LogP) is 4.55. The molecule has 2 N–H and O–H groups in total. The van der Waals surface area contributed by atoms with Crippen molar-refractivity contribution in [3.8, 4) is 11.8 Å². The number of pyridine rings is 1. The summed E-state index contributed by atoms with van der Waals surface area (Å²) in [5.41, 5.74) is 8.19. The first-order valence-electron chi connectivity index (χ1n) is 12.1. The van der Waals surface area contributed by atoms with Crippen molar-refractivity contribution in [2.45, 2.75) is 19.3 Å². The fraction of sp³-hybridized carbons (Fsp3) is 0.276. The number of ketones is 1. The van der Waals surface area contributed by atoms with Crippen molar-refractivity contribution >= 4 is 39.9 Å². The monoisotopic (exact) mass is 500 g/mol. The lowest BCUT2D eigenvalue weighted by Gasteiger charge is -2.34. The van der Waals surface area contributed by atoms with E-state index < -0.39 is 0 Å². The topological polar surface area (TPSA) is 79.5 Å². The van der Waals surface area contributed by atoms with Crippen LogP contribution >= 0.6 is 11.6 Å². The number of benzene rings is 2. The van der Waals surface area contributed by atoms with Gasteiger partial charge < -0.3 is 10.6 Å². The van der Waals surface area contributed by atoms with E-state index >= 15 is 0 Å². The molecule has 2 aromatic carbocycles. The van der Waals surface area contributed by atoms with Gasteiger partial charge in [0.2, 0.25) is 5.91 Å². The maximum atomic E-state index is 12.6. The summed E-state index contributed by atoms with van der Waals surface area (Å²) in [4.78, 5) is 32.7. The highest BCUT2D eigenvalue weighted by atomic mass is 35.5. The SMILES string of the molecule is C=CC(=O)N1CCN(CCCCC(=O)c2ccc(C#Cc3c(N)ncc4ccc(Cl)cc34)cc2)CC1. The summed E-state index contributed by atoms with van der Waals surface area (Å²) >= 11 is 6.15. The lowest BCUT2D eigenvalue weighted by molar-refractivity contribution is -0.127. The number of hydrogen-bond donors (Lipinski definition) is 1. The van der Waals surface area contributed by atoms with Gasteiger partial charge in [0.15, 0.2) is 5.78 Å². The lowest BCUT2D eigenvalue weighted by atomic mass is 10.0. The molecule has 0 saturated carbocycles. The third-order valence-corrected chi connectivity index (χ3v) is 6.64. The molecule has 1 saturated heterocycles. The van der Waals surface area contributed by atoms with Gasteiger partial charge in [-0.1, -0.05) is 48.2 Å². The Bertz CT molecular complexity index is 1330. The minimum atomic E-state index is -0.00291. The van der Waals surface area contributed by atoms with E-state index in [1.807, 2.05) is 47.4 Å². The zero-order chi connectivity index (χ0) is 25.5. The molecule has 3 aromatic rings. The van der Waals surface area contributed by atoms with Crippen LogP contribution in [0.5, 0.6) is 0 Å².